The van der Waals surface area contributed by atoms with Crippen molar-refractivity contribution in [3.8, 4) is 0 Å². The Morgan fingerprint density at radius 3 is 1.90 bits per heavy atom. The second-order valence-corrected chi connectivity index (χ2v) is 8.27. The van der Waals surface area contributed by atoms with E-state index in [2.05, 4.69) is 42.7 Å². The van der Waals surface area contributed by atoms with Gasteiger partial charge in [-0.3, -0.25) is 0 Å². The molecule has 53 valence electrons. The molecule has 0 saturated carbocycles. The Morgan fingerprint density at radius 1 is 1.00 bits per heavy atom. The van der Waals surface area contributed by atoms with Gasteiger partial charge in [-0.2, -0.15) is 0 Å². The van der Waals surface area contributed by atoms with Gasteiger partial charge in [0.25, 0.3) is 0 Å². The van der Waals surface area contributed by atoms with Crippen LogP contribution in [0.3, 0.4) is 0 Å². The molecular weight excluding hydrogens is 181 g/mol. The summed E-state index contributed by atoms with van der Waals surface area (Å²) in [4.78, 5) is 0. The van der Waals surface area contributed by atoms with Gasteiger partial charge >= 0.3 is 67.0 Å². The van der Waals surface area contributed by atoms with Crippen molar-refractivity contribution < 1.29 is 0 Å². The molecule has 0 nitrogen and oxygen atoms in total. The zero-order valence-electron chi connectivity index (χ0n) is 6.81. The number of benzene rings is 1. The summed E-state index contributed by atoms with van der Waals surface area (Å²) < 4.78 is 1.59. The third kappa shape index (κ3) is 1.87. The first kappa shape index (κ1) is 7.87. The van der Waals surface area contributed by atoms with Crippen molar-refractivity contribution in [1.29, 1.82) is 0 Å². The molecule has 1 aromatic rings. The first-order valence-electron chi connectivity index (χ1n) is 3.57. The molecule has 0 unspecified atom stereocenters. The average molecular weight is 194 g/mol. The van der Waals surface area contributed by atoms with Gasteiger partial charge in [-0.1, -0.05) is 0 Å². The van der Waals surface area contributed by atoms with Crippen LogP contribution in [-0.2, 0) is 0 Å². The Hall–Kier alpha value is -0.237. The summed E-state index contributed by atoms with van der Waals surface area (Å²) in [5, 5.41) is 0. The van der Waals surface area contributed by atoms with Gasteiger partial charge in [0.05, 0.1) is 0 Å². The van der Waals surface area contributed by atoms with E-state index in [9.17, 15) is 0 Å². The van der Waals surface area contributed by atoms with Crippen molar-refractivity contribution in [2.24, 2.45) is 0 Å². The first-order valence-corrected chi connectivity index (χ1v) is 8.82. The van der Waals surface area contributed by atoms with Crippen molar-refractivity contribution >= 4 is 18.7 Å². The van der Waals surface area contributed by atoms with Crippen molar-refractivity contribution in [2.75, 3.05) is 0 Å². The molecule has 0 aliphatic heterocycles. The van der Waals surface area contributed by atoms with Gasteiger partial charge < -0.3 is 0 Å². The predicted molar refractivity (Wildman–Crippen MR) is 48.3 cm³/mol. The normalized spacial score (nSPS) is 10.4. The van der Waals surface area contributed by atoms with Crippen LogP contribution in [0.1, 0.15) is 5.56 Å². The van der Waals surface area contributed by atoms with E-state index >= 15 is 0 Å². The SMILES string of the molecule is Cc1cc[c]([Ge]([CH3])[CH3])cc1. The van der Waals surface area contributed by atoms with Gasteiger partial charge in [0.1, 0.15) is 0 Å². The molecule has 0 atom stereocenters. The van der Waals surface area contributed by atoms with Crippen molar-refractivity contribution in [2.45, 2.75) is 18.4 Å². The molecule has 0 saturated heterocycles. The van der Waals surface area contributed by atoms with Crippen LogP contribution in [0, 0.1) is 6.92 Å². The number of aryl methyl sites for hydroxylation is 1. The Labute approximate surface area is 67.4 Å². The number of hydrogen-bond acceptors (Lipinski definition) is 0. The average Bonchev–Trinajstić information content (AvgIpc) is 1.88. The summed E-state index contributed by atoms with van der Waals surface area (Å²) in [7, 11) is 0. The summed E-state index contributed by atoms with van der Waals surface area (Å²) in [5.74, 6) is 4.76. The van der Waals surface area contributed by atoms with E-state index in [1.165, 1.54) is 5.56 Å². The van der Waals surface area contributed by atoms with Crippen LogP contribution in [-0.4, -0.2) is 14.3 Å². The van der Waals surface area contributed by atoms with E-state index in [0.717, 1.165) is 0 Å². The molecule has 0 aromatic heterocycles. The molecule has 10 heavy (non-hydrogen) atoms. The molecule has 1 rings (SSSR count). The van der Waals surface area contributed by atoms with Gasteiger partial charge in [0.15, 0.2) is 0 Å². The quantitative estimate of drug-likeness (QED) is 0.599. The number of rotatable bonds is 1. The van der Waals surface area contributed by atoms with Crippen molar-refractivity contribution in [3.05, 3.63) is 29.8 Å². The monoisotopic (exact) mass is 195 g/mol. The summed E-state index contributed by atoms with van der Waals surface area (Å²) in [5.41, 5.74) is 1.36. The van der Waals surface area contributed by atoms with Gasteiger partial charge in [-0.25, -0.2) is 0 Å². The van der Waals surface area contributed by atoms with Crippen LogP contribution in [0.2, 0.25) is 11.5 Å². The minimum atomic E-state index is -0.790. The Kier molecular flexibility index (Phi) is 2.55. The van der Waals surface area contributed by atoms with Crippen LogP contribution in [0.25, 0.3) is 0 Å². The molecule has 1 heteroatoms. The fourth-order valence-electron chi connectivity index (χ4n) is 0.887. The minimum absolute atomic E-state index is 0.790. The number of hydrogen-bond donors (Lipinski definition) is 0. The molecule has 0 spiro atoms. The van der Waals surface area contributed by atoms with Gasteiger partial charge in [0, 0.05) is 0 Å². The van der Waals surface area contributed by atoms with E-state index in [4.69, 9.17) is 0 Å². The van der Waals surface area contributed by atoms with E-state index in [1.807, 2.05) is 0 Å². The fourth-order valence-corrected chi connectivity index (χ4v) is 2.64. The van der Waals surface area contributed by atoms with Crippen LogP contribution in [0.15, 0.2) is 24.3 Å². The third-order valence-electron chi connectivity index (χ3n) is 1.63. The topological polar surface area (TPSA) is 0 Å². The Morgan fingerprint density at radius 2 is 1.50 bits per heavy atom. The first-order chi connectivity index (χ1) is 4.70. The summed E-state index contributed by atoms with van der Waals surface area (Å²) in [6.07, 6.45) is 0. The molecule has 1 aromatic carbocycles. The molecule has 0 amide bonds. The summed E-state index contributed by atoms with van der Waals surface area (Å²) in [6, 6.07) is 8.94. The molecule has 0 N–H and O–H groups in total. The predicted octanol–water partition coefficient (Wildman–Crippen LogP) is 1.96. The second kappa shape index (κ2) is 3.24. The Balaban J connectivity index is 2.89. The van der Waals surface area contributed by atoms with Crippen LogP contribution >= 0.6 is 0 Å². The van der Waals surface area contributed by atoms with Crippen LogP contribution in [0.4, 0.5) is 0 Å². The zero-order valence-corrected chi connectivity index (χ0v) is 8.91. The molecule has 0 fully saturated rings. The second-order valence-electron chi connectivity index (χ2n) is 2.87. The summed E-state index contributed by atoms with van der Waals surface area (Å²) in [6.45, 7) is 2.13. The molecule has 1 radical (unpaired) electrons. The molecule has 0 aliphatic carbocycles. The zero-order chi connectivity index (χ0) is 7.56. The standard InChI is InChI=1S/C9H13Ge/c1-8-4-6-9(7-5-8)10(2)3/h4-7H,1-3H3. The van der Waals surface area contributed by atoms with Crippen LogP contribution in [0.5, 0.6) is 0 Å². The maximum atomic E-state index is 2.38. The fraction of sp³-hybridized carbons (Fsp3) is 0.333. The molecular formula is C9H13Ge. The van der Waals surface area contributed by atoms with E-state index in [-0.39, 0.29) is 0 Å². The Bertz CT molecular complexity index is 198. The third-order valence-corrected chi connectivity index (χ3v) is 4.75. The van der Waals surface area contributed by atoms with E-state index in [1.54, 1.807) is 4.40 Å². The van der Waals surface area contributed by atoms with Gasteiger partial charge in [-0.15, -0.1) is 0 Å². The van der Waals surface area contributed by atoms with E-state index in [0.29, 0.717) is 0 Å². The maximum absolute atomic E-state index is 2.38. The molecule has 0 bridgehead atoms. The molecule has 0 aliphatic rings. The molecule has 0 heterocycles. The summed E-state index contributed by atoms with van der Waals surface area (Å²) >= 11 is -0.790. The van der Waals surface area contributed by atoms with Gasteiger partial charge in [0.2, 0.25) is 0 Å². The van der Waals surface area contributed by atoms with E-state index < -0.39 is 14.3 Å². The van der Waals surface area contributed by atoms with Crippen LogP contribution < -0.4 is 4.40 Å². The van der Waals surface area contributed by atoms with Crippen molar-refractivity contribution in [3.63, 3.8) is 0 Å². The van der Waals surface area contributed by atoms with Gasteiger partial charge in [-0.05, 0) is 0 Å². The van der Waals surface area contributed by atoms with Crippen molar-refractivity contribution in [1.82, 2.24) is 0 Å².